The molecule has 3 N–H and O–H groups in total. The Hall–Kier alpha value is -2.84. The third-order valence-electron chi connectivity index (χ3n) is 6.57. The third-order valence-corrected chi connectivity index (χ3v) is 6.57. The summed E-state index contributed by atoms with van der Waals surface area (Å²) in [4.78, 5) is 31.1. The second kappa shape index (κ2) is 8.72. The maximum atomic E-state index is 13.2. The number of ketones is 1. The minimum Gasteiger partial charge on any atom is -0.465 e. The zero-order chi connectivity index (χ0) is 22.1. The predicted octanol–water partition coefficient (Wildman–Crippen LogP) is -0.298. The van der Waals surface area contributed by atoms with Crippen molar-refractivity contribution in [1.29, 1.82) is 0 Å². The Kier molecular flexibility index (Phi) is 6.02. The number of piperazine rings is 1. The molecular formula is C23H31N3O5+2. The summed E-state index contributed by atoms with van der Waals surface area (Å²) in [5.74, 6) is 1.27. The van der Waals surface area contributed by atoms with E-state index in [-0.39, 0.29) is 11.8 Å². The third kappa shape index (κ3) is 4.18. The number of aromatic amines is 1. The Bertz CT molecular complexity index is 991. The highest BCUT2D eigenvalue weighted by Crippen LogP contribution is 2.32. The van der Waals surface area contributed by atoms with Crippen molar-refractivity contribution < 1.29 is 33.6 Å². The van der Waals surface area contributed by atoms with Gasteiger partial charge in [-0.15, -0.1) is 0 Å². The summed E-state index contributed by atoms with van der Waals surface area (Å²) in [6.45, 7) is 10.7. The molecule has 0 amide bonds. The number of fused-ring (bicyclic) bond motifs is 1. The van der Waals surface area contributed by atoms with Crippen molar-refractivity contribution in [3.05, 3.63) is 46.3 Å². The van der Waals surface area contributed by atoms with Crippen LogP contribution >= 0.6 is 0 Å². The fourth-order valence-corrected chi connectivity index (χ4v) is 4.68. The number of benzene rings is 1. The maximum Gasteiger partial charge on any atom is 0.339 e. The maximum absolute atomic E-state index is 13.2. The molecule has 3 heterocycles. The molecule has 2 aliphatic heterocycles. The lowest BCUT2D eigenvalue weighted by Crippen LogP contribution is -3.29. The lowest BCUT2D eigenvalue weighted by Gasteiger charge is -2.32. The largest absolute Gasteiger partial charge is 0.465 e. The minimum absolute atomic E-state index is 0.0463. The zero-order valence-corrected chi connectivity index (χ0v) is 18.6. The van der Waals surface area contributed by atoms with Crippen molar-refractivity contribution in [3.63, 3.8) is 0 Å². The SMILES string of the molecule is COC(=O)c1c(C)[nH]c(C(=O)[C@@H](C)[NH+]2CC[NH+](Cc3ccc4c(c3)OCO4)CC2)c1C. The molecule has 0 saturated carbocycles. The molecule has 0 aliphatic carbocycles. The standard InChI is InChI=1S/C23H29N3O5/c1-14-20(23(28)29-4)15(2)24-21(14)22(27)16(3)26-9-7-25(8-10-26)12-17-5-6-18-19(11-17)31-13-30-18/h5-6,11,16,24H,7-10,12-13H2,1-4H3/p+2/t16-/m1/s1. The van der Waals surface area contributed by atoms with E-state index in [0.717, 1.165) is 44.2 Å². The number of Topliss-reactive ketones (excluding diaryl/α,β-unsaturated/α-hetero) is 1. The van der Waals surface area contributed by atoms with Gasteiger partial charge in [-0.1, -0.05) is 0 Å². The van der Waals surface area contributed by atoms with Crippen molar-refractivity contribution in [2.75, 3.05) is 40.1 Å². The number of carbonyl (C=O) groups is 2. The average molecular weight is 430 g/mol. The number of H-pyrrole nitrogens is 1. The molecule has 1 aromatic carbocycles. The highest BCUT2D eigenvalue weighted by molar-refractivity contribution is 6.03. The average Bonchev–Trinajstić information content (AvgIpc) is 3.36. The van der Waals surface area contributed by atoms with Gasteiger partial charge in [0.05, 0.1) is 18.4 Å². The van der Waals surface area contributed by atoms with Gasteiger partial charge in [-0.2, -0.15) is 0 Å². The van der Waals surface area contributed by atoms with Crippen LogP contribution in [-0.4, -0.2) is 62.9 Å². The highest BCUT2D eigenvalue weighted by Gasteiger charge is 2.34. The van der Waals surface area contributed by atoms with Crippen LogP contribution in [0.25, 0.3) is 0 Å². The lowest BCUT2D eigenvalue weighted by atomic mass is 10.0. The molecule has 8 heteroatoms. The van der Waals surface area contributed by atoms with Gasteiger partial charge in [0.1, 0.15) is 32.7 Å². The zero-order valence-electron chi connectivity index (χ0n) is 18.6. The molecule has 1 atom stereocenters. The van der Waals surface area contributed by atoms with Crippen LogP contribution in [0.15, 0.2) is 18.2 Å². The molecule has 166 valence electrons. The van der Waals surface area contributed by atoms with E-state index in [1.165, 1.54) is 22.5 Å². The molecule has 1 saturated heterocycles. The van der Waals surface area contributed by atoms with E-state index >= 15 is 0 Å². The van der Waals surface area contributed by atoms with Crippen LogP contribution in [-0.2, 0) is 11.3 Å². The quantitative estimate of drug-likeness (QED) is 0.434. The molecule has 4 rings (SSSR count). The van der Waals surface area contributed by atoms with Gasteiger partial charge in [0.15, 0.2) is 17.5 Å². The van der Waals surface area contributed by atoms with E-state index < -0.39 is 5.97 Å². The predicted molar refractivity (Wildman–Crippen MR) is 113 cm³/mol. The van der Waals surface area contributed by atoms with Crippen LogP contribution in [0.1, 0.15) is 44.6 Å². The Morgan fingerprint density at radius 1 is 1.13 bits per heavy atom. The number of hydrogen-bond acceptors (Lipinski definition) is 5. The summed E-state index contributed by atoms with van der Waals surface area (Å²) in [7, 11) is 1.36. The normalized spacial score (nSPS) is 21.0. The second-order valence-corrected chi connectivity index (χ2v) is 8.48. The monoisotopic (exact) mass is 429 g/mol. The smallest absolute Gasteiger partial charge is 0.339 e. The topological polar surface area (TPSA) is 86.5 Å². The van der Waals surface area contributed by atoms with Crippen molar-refractivity contribution in [1.82, 2.24) is 4.98 Å². The number of nitrogens with one attached hydrogen (secondary N) is 3. The first-order valence-electron chi connectivity index (χ1n) is 10.8. The summed E-state index contributed by atoms with van der Waals surface area (Å²) in [6, 6.07) is 5.97. The molecule has 0 spiro atoms. The molecule has 1 fully saturated rings. The molecule has 1 aromatic heterocycles. The van der Waals surface area contributed by atoms with Gasteiger partial charge in [0, 0.05) is 11.3 Å². The molecule has 0 bridgehead atoms. The van der Waals surface area contributed by atoms with Gasteiger partial charge in [-0.05, 0) is 44.5 Å². The molecule has 2 aromatic rings. The van der Waals surface area contributed by atoms with Crippen molar-refractivity contribution in [2.24, 2.45) is 0 Å². The van der Waals surface area contributed by atoms with E-state index in [0.29, 0.717) is 29.3 Å². The minimum atomic E-state index is -0.411. The number of methoxy groups -OCH3 is 1. The van der Waals surface area contributed by atoms with E-state index in [4.69, 9.17) is 14.2 Å². The second-order valence-electron chi connectivity index (χ2n) is 8.48. The Morgan fingerprint density at radius 3 is 2.55 bits per heavy atom. The van der Waals surface area contributed by atoms with Crippen molar-refractivity contribution in [2.45, 2.75) is 33.4 Å². The molecule has 31 heavy (non-hydrogen) atoms. The Balaban J connectivity index is 1.36. The van der Waals surface area contributed by atoms with Crippen LogP contribution in [0, 0.1) is 13.8 Å². The summed E-state index contributed by atoms with van der Waals surface area (Å²) in [5.41, 5.74) is 3.57. The van der Waals surface area contributed by atoms with Crippen LogP contribution in [0.5, 0.6) is 11.5 Å². The summed E-state index contributed by atoms with van der Waals surface area (Å²) < 4.78 is 15.7. The molecule has 8 nitrogen and oxygen atoms in total. The van der Waals surface area contributed by atoms with E-state index in [1.54, 1.807) is 13.8 Å². The first-order valence-corrected chi connectivity index (χ1v) is 10.8. The number of ether oxygens (including phenoxy) is 3. The van der Waals surface area contributed by atoms with Gasteiger partial charge < -0.3 is 29.0 Å². The van der Waals surface area contributed by atoms with Gasteiger partial charge in [-0.3, -0.25) is 4.79 Å². The molecule has 2 aliphatic rings. The number of aromatic nitrogens is 1. The first-order chi connectivity index (χ1) is 14.9. The van der Waals surface area contributed by atoms with Crippen LogP contribution in [0.4, 0.5) is 0 Å². The Labute approximate surface area is 182 Å². The van der Waals surface area contributed by atoms with Crippen LogP contribution in [0.3, 0.4) is 0 Å². The molecular weight excluding hydrogens is 398 g/mol. The fraction of sp³-hybridized carbons (Fsp3) is 0.478. The number of hydrogen-bond donors (Lipinski definition) is 3. The summed E-state index contributed by atoms with van der Waals surface area (Å²) in [6.07, 6.45) is 0. The number of aryl methyl sites for hydroxylation is 1. The van der Waals surface area contributed by atoms with E-state index in [1.807, 2.05) is 13.0 Å². The highest BCUT2D eigenvalue weighted by atomic mass is 16.7. The Morgan fingerprint density at radius 2 is 1.84 bits per heavy atom. The number of quaternary nitrogens is 2. The van der Waals surface area contributed by atoms with Gasteiger partial charge >= 0.3 is 5.97 Å². The van der Waals surface area contributed by atoms with E-state index in [2.05, 4.69) is 17.1 Å². The van der Waals surface area contributed by atoms with Gasteiger partial charge in [0.2, 0.25) is 12.6 Å². The summed E-state index contributed by atoms with van der Waals surface area (Å²) in [5, 5.41) is 0. The fourth-order valence-electron chi connectivity index (χ4n) is 4.68. The van der Waals surface area contributed by atoms with E-state index in [9.17, 15) is 9.59 Å². The van der Waals surface area contributed by atoms with Crippen LogP contribution < -0.4 is 19.3 Å². The molecule has 0 unspecified atom stereocenters. The first kappa shape index (κ1) is 21.4. The lowest BCUT2D eigenvalue weighted by molar-refractivity contribution is -1.02. The van der Waals surface area contributed by atoms with Gasteiger partial charge in [0.25, 0.3) is 0 Å². The molecule has 0 radical (unpaired) electrons. The van der Waals surface area contributed by atoms with Gasteiger partial charge in [-0.25, -0.2) is 4.79 Å². The van der Waals surface area contributed by atoms with Crippen molar-refractivity contribution >= 4 is 11.8 Å². The number of esters is 1. The number of rotatable bonds is 6. The summed E-state index contributed by atoms with van der Waals surface area (Å²) >= 11 is 0. The number of carbonyl (C=O) groups excluding carboxylic acids is 2. The van der Waals surface area contributed by atoms with Crippen molar-refractivity contribution in [3.8, 4) is 11.5 Å². The van der Waals surface area contributed by atoms with Crippen LogP contribution in [0.2, 0.25) is 0 Å².